The minimum Gasteiger partial charge on any atom is -0.494 e. The summed E-state index contributed by atoms with van der Waals surface area (Å²) in [5.41, 5.74) is 3.97. The zero-order chi connectivity index (χ0) is 37.5. The number of amides is 2. The van der Waals surface area contributed by atoms with E-state index >= 15 is 0 Å². The first kappa shape index (κ1) is 37.3. The van der Waals surface area contributed by atoms with Crippen LogP contribution in [0.1, 0.15) is 41.6 Å². The second-order valence-corrected chi connectivity index (χ2v) is 12.5. The summed E-state index contributed by atoms with van der Waals surface area (Å²) >= 11 is 0. The van der Waals surface area contributed by atoms with Gasteiger partial charge in [0.1, 0.15) is 42.0 Å². The Morgan fingerprint density at radius 1 is 0.519 bits per heavy atom. The third-order valence-corrected chi connectivity index (χ3v) is 8.58. The number of hydrogen-bond donors (Lipinski definition) is 0. The highest BCUT2D eigenvalue weighted by molar-refractivity contribution is 6.28. The predicted octanol–water partition coefficient (Wildman–Crippen LogP) is 9.29. The molecule has 5 aromatic rings. The van der Waals surface area contributed by atoms with Crippen LogP contribution in [0.5, 0.6) is 23.0 Å². The maximum absolute atomic E-state index is 13.1. The molecular weight excluding hydrogens is 685 g/mol. The van der Waals surface area contributed by atoms with E-state index in [2.05, 4.69) is 0 Å². The second kappa shape index (κ2) is 18.8. The van der Waals surface area contributed by atoms with E-state index in [0.717, 1.165) is 58.8 Å². The lowest BCUT2D eigenvalue weighted by Gasteiger charge is -2.14. The first-order valence-electron chi connectivity index (χ1n) is 17.9. The van der Waals surface area contributed by atoms with Gasteiger partial charge in [-0.3, -0.25) is 14.4 Å². The molecule has 0 saturated heterocycles. The van der Waals surface area contributed by atoms with Crippen molar-refractivity contribution in [2.45, 2.75) is 25.7 Å². The minimum atomic E-state index is -0.376. The molecule has 2 amide bonds. The number of halogens is 1. The van der Waals surface area contributed by atoms with Crippen molar-refractivity contribution in [3.8, 4) is 34.1 Å². The van der Waals surface area contributed by atoms with E-state index in [1.54, 1.807) is 30.3 Å². The fourth-order valence-electron chi connectivity index (χ4n) is 5.65. The summed E-state index contributed by atoms with van der Waals surface area (Å²) < 4.78 is 36.5. The van der Waals surface area contributed by atoms with Crippen molar-refractivity contribution in [3.05, 3.63) is 156 Å². The second-order valence-electron chi connectivity index (χ2n) is 12.5. The van der Waals surface area contributed by atoms with Crippen LogP contribution >= 0.6 is 0 Å². The molecule has 1 heterocycles. The molecule has 8 nitrogen and oxygen atoms in total. The summed E-state index contributed by atoms with van der Waals surface area (Å²) in [4.78, 5) is 37.0. The Labute approximate surface area is 314 Å². The highest BCUT2D eigenvalue weighted by Crippen LogP contribution is 2.26. The van der Waals surface area contributed by atoms with Gasteiger partial charge in [0, 0.05) is 17.7 Å². The monoisotopic (exact) mass is 725 g/mol. The maximum atomic E-state index is 13.1. The zero-order valence-corrected chi connectivity index (χ0v) is 29.7. The predicted molar refractivity (Wildman–Crippen MR) is 207 cm³/mol. The summed E-state index contributed by atoms with van der Waals surface area (Å²) in [7, 11) is 0. The molecule has 0 aromatic heterocycles. The largest absolute Gasteiger partial charge is 0.494 e. The molecule has 9 heteroatoms. The number of imide groups is 1. The van der Waals surface area contributed by atoms with Gasteiger partial charge in [0.25, 0.3) is 11.8 Å². The Bertz CT molecular complexity index is 2040. The fourth-order valence-corrected chi connectivity index (χ4v) is 5.65. The van der Waals surface area contributed by atoms with Gasteiger partial charge >= 0.3 is 0 Å². The number of anilines is 1. The summed E-state index contributed by atoms with van der Waals surface area (Å²) in [5, 5.41) is 0. The van der Waals surface area contributed by atoms with Crippen molar-refractivity contribution in [2.24, 2.45) is 0 Å². The number of unbranched alkanes of at least 4 members (excludes halogenated alkanes) is 3. The Balaban J connectivity index is 0.818. The number of nitrogens with zero attached hydrogens (tertiary/aromatic N) is 1. The molecule has 0 saturated carbocycles. The van der Waals surface area contributed by atoms with Crippen molar-refractivity contribution in [1.82, 2.24) is 0 Å². The van der Waals surface area contributed by atoms with E-state index in [0.29, 0.717) is 49.2 Å². The number of carbonyl (C=O) groups is 3. The van der Waals surface area contributed by atoms with Gasteiger partial charge in [0.05, 0.1) is 18.9 Å². The number of carbonyl (C=O) groups excluding carboxylic acids is 3. The van der Waals surface area contributed by atoms with E-state index in [1.807, 2.05) is 72.8 Å². The van der Waals surface area contributed by atoms with E-state index in [-0.39, 0.29) is 23.4 Å². The van der Waals surface area contributed by atoms with E-state index < -0.39 is 0 Å². The Kier molecular flexibility index (Phi) is 13.0. The van der Waals surface area contributed by atoms with Gasteiger partial charge in [0.15, 0.2) is 5.78 Å². The maximum Gasteiger partial charge on any atom is 0.258 e. The number of benzene rings is 5. The molecule has 0 fully saturated rings. The van der Waals surface area contributed by atoms with Crippen molar-refractivity contribution >= 4 is 29.4 Å². The molecule has 0 aliphatic carbocycles. The van der Waals surface area contributed by atoms with Crippen LogP contribution < -0.4 is 23.8 Å². The van der Waals surface area contributed by atoms with Gasteiger partial charge in [-0.05, 0) is 133 Å². The van der Waals surface area contributed by atoms with Crippen LogP contribution in [0.25, 0.3) is 17.2 Å². The topological polar surface area (TPSA) is 91.4 Å². The Morgan fingerprint density at radius 2 is 0.944 bits per heavy atom. The molecule has 6 rings (SSSR count). The van der Waals surface area contributed by atoms with Crippen LogP contribution in [0, 0.1) is 5.82 Å². The molecule has 1 aliphatic heterocycles. The standard InChI is InChI=1S/C45H40FNO7/c46-37-14-8-36(9-15-37)43(48)26-7-33-5-18-39(19-6-33)53-31-32-54-41-22-12-35(13-23-41)34-10-20-40(21-11-34)51-29-3-1-2-4-30-52-42-24-16-38(17-25-42)47-44(49)27-28-45(47)50/h5-28H,1-4,29-32H2/b26-7+. The molecule has 1 aliphatic rings. The zero-order valence-electron chi connectivity index (χ0n) is 29.7. The fraction of sp³-hybridized carbons (Fsp3) is 0.178. The van der Waals surface area contributed by atoms with Gasteiger partial charge in [0.2, 0.25) is 0 Å². The van der Waals surface area contributed by atoms with E-state index in [1.165, 1.54) is 42.5 Å². The minimum absolute atomic E-state index is 0.193. The van der Waals surface area contributed by atoms with Crippen LogP contribution in [-0.4, -0.2) is 44.0 Å². The average Bonchev–Trinajstić information content (AvgIpc) is 3.54. The van der Waals surface area contributed by atoms with Crippen molar-refractivity contribution in [2.75, 3.05) is 31.3 Å². The van der Waals surface area contributed by atoms with Gasteiger partial charge in [-0.25, -0.2) is 9.29 Å². The average molecular weight is 726 g/mol. The molecular formula is C45H40FNO7. The highest BCUT2D eigenvalue weighted by atomic mass is 19.1. The molecule has 0 spiro atoms. The third kappa shape index (κ3) is 10.8. The summed E-state index contributed by atoms with van der Waals surface area (Å²) in [5.74, 6) is 1.75. The molecule has 54 heavy (non-hydrogen) atoms. The Hall–Kier alpha value is -6.48. The van der Waals surface area contributed by atoms with Crippen LogP contribution in [0.15, 0.2) is 140 Å². The van der Waals surface area contributed by atoms with Crippen LogP contribution in [0.4, 0.5) is 10.1 Å². The number of hydrogen-bond acceptors (Lipinski definition) is 7. The molecule has 5 aromatic carbocycles. The SMILES string of the molecule is O=C(/C=C/c1ccc(OCCOc2ccc(-c3ccc(OCCCCCCOc4ccc(N5C(=O)C=CC5=O)cc4)cc3)cc2)cc1)c1ccc(F)cc1. The van der Waals surface area contributed by atoms with Gasteiger partial charge in [-0.1, -0.05) is 42.5 Å². The van der Waals surface area contributed by atoms with E-state index in [4.69, 9.17) is 18.9 Å². The summed E-state index contributed by atoms with van der Waals surface area (Å²) in [6, 6.07) is 35.8. The molecule has 0 atom stereocenters. The van der Waals surface area contributed by atoms with Crippen LogP contribution in [0.2, 0.25) is 0 Å². The number of ether oxygens (including phenoxy) is 4. The molecule has 0 radical (unpaired) electrons. The lowest BCUT2D eigenvalue weighted by Crippen LogP contribution is -2.29. The highest BCUT2D eigenvalue weighted by Gasteiger charge is 2.24. The molecule has 0 bridgehead atoms. The normalized spacial score (nSPS) is 12.4. The molecule has 274 valence electrons. The quantitative estimate of drug-likeness (QED) is 0.0363. The molecule has 0 N–H and O–H groups in total. The lowest BCUT2D eigenvalue weighted by atomic mass is 10.1. The number of ketones is 1. The van der Waals surface area contributed by atoms with Crippen molar-refractivity contribution in [3.63, 3.8) is 0 Å². The third-order valence-electron chi connectivity index (χ3n) is 8.58. The Morgan fingerprint density at radius 3 is 1.43 bits per heavy atom. The van der Waals surface area contributed by atoms with Crippen molar-refractivity contribution < 1.29 is 37.7 Å². The smallest absolute Gasteiger partial charge is 0.258 e. The first-order valence-corrected chi connectivity index (χ1v) is 17.9. The lowest BCUT2D eigenvalue weighted by molar-refractivity contribution is -0.120. The van der Waals surface area contributed by atoms with Crippen LogP contribution in [-0.2, 0) is 9.59 Å². The van der Waals surface area contributed by atoms with Gasteiger partial charge in [-0.2, -0.15) is 0 Å². The summed E-state index contributed by atoms with van der Waals surface area (Å²) in [6.45, 7) is 1.99. The number of rotatable bonds is 19. The van der Waals surface area contributed by atoms with E-state index in [9.17, 15) is 18.8 Å². The van der Waals surface area contributed by atoms with Crippen LogP contribution in [0.3, 0.4) is 0 Å². The van der Waals surface area contributed by atoms with Crippen molar-refractivity contribution in [1.29, 1.82) is 0 Å². The first-order chi connectivity index (χ1) is 26.4. The number of allylic oxidation sites excluding steroid dienone is 1. The van der Waals surface area contributed by atoms with Gasteiger partial charge in [-0.15, -0.1) is 0 Å². The summed E-state index contributed by atoms with van der Waals surface area (Å²) in [6.07, 6.45) is 9.64. The van der Waals surface area contributed by atoms with Gasteiger partial charge < -0.3 is 18.9 Å². The molecule has 0 unspecified atom stereocenters.